The normalized spacial score (nSPS) is 17.3. The molecule has 162 valence electrons. The van der Waals surface area contributed by atoms with E-state index in [1.54, 1.807) is 0 Å². The third kappa shape index (κ3) is 11.5. The molecule has 0 amide bonds. The Morgan fingerprint density at radius 3 is 2.26 bits per heavy atom. The Labute approximate surface area is 183 Å². The number of halogens is 1. The highest BCUT2D eigenvalue weighted by molar-refractivity contribution is 14.0. The molecule has 0 aliphatic carbocycles. The van der Waals surface area contributed by atoms with Crippen LogP contribution in [0.3, 0.4) is 0 Å². The lowest BCUT2D eigenvalue weighted by Gasteiger charge is -2.41. The summed E-state index contributed by atoms with van der Waals surface area (Å²) < 4.78 is 28.3. The van der Waals surface area contributed by atoms with Crippen molar-refractivity contribution >= 4 is 39.8 Å². The van der Waals surface area contributed by atoms with Crippen LogP contribution in [0.2, 0.25) is 0 Å². The van der Waals surface area contributed by atoms with Crippen LogP contribution in [0, 0.1) is 5.41 Å². The summed E-state index contributed by atoms with van der Waals surface area (Å²) in [5.74, 6) is 0.977. The van der Waals surface area contributed by atoms with Gasteiger partial charge >= 0.3 is 0 Å². The number of nitrogens with one attached hydrogen (secondary N) is 2. The van der Waals surface area contributed by atoms with E-state index in [0.717, 1.165) is 45.4 Å². The predicted octanol–water partition coefficient (Wildman–Crippen LogP) is 1.73. The number of ether oxygens (including phenoxy) is 1. The number of morpholine rings is 1. The Morgan fingerprint density at radius 2 is 1.74 bits per heavy atom. The van der Waals surface area contributed by atoms with E-state index in [1.165, 1.54) is 6.26 Å². The van der Waals surface area contributed by atoms with Gasteiger partial charge in [0.2, 0.25) is 0 Å². The fourth-order valence-electron chi connectivity index (χ4n) is 2.76. The van der Waals surface area contributed by atoms with Crippen LogP contribution in [0.25, 0.3) is 0 Å². The molecule has 0 saturated carbocycles. The zero-order valence-corrected chi connectivity index (χ0v) is 20.9. The molecular formula is C18H39IN4O3S. The smallest absolute Gasteiger partial charge is 0.191 e. The second-order valence-electron chi connectivity index (χ2n) is 8.50. The zero-order valence-electron chi connectivity index (χ0n) is 17.8. The summed E-state index contributed by atoms with van der Waals surface area (Å²) in [4.78, 5) is 7.12. The van der Waals surface area contributed by atoms with Crippen LogP contribution < -0.4 is 10.6 Å². The fraction of sp³-hybridized carbons (Fsp3) is 0.944. The van der Waals surface area contributed by atoms with Crippen LogP contribution in [0.5, 0.6) is 0 Å². The van der Waals surface area contributed by atoms with E-state index < -0.39 is 9.84 Å². The highest BCUT2D eigenvalue weighted by Crippen LogP contribution is 2.21. The number of hydrogen-bond acceptors (Lipinski definition) is 5. The summed E-state index contributed by atoms with van der Waals surface area (Å²) >= 11 is 0. The maximum absolute atomic E-state index is 11.4. The minimum Gasteiger partial charge on any atom is -0.379 e. The molecule has 0 bridgehead atoms. The SMILES string of the molecule is CCNC(=NCC(C)(C)CCS(C)(=O)=O)NCC(C)(C)N1CCOCC1.I. The molecule has 1 aliphatic heterocycles. The molecule has 0 aromatic carbocycles. The largest absolute Gasteiger partial charge is 0.379 e. The Kier molecular flexibility index (Phi) is 11.7. The van der Waals surface area contributed by atoms with Gasteiger partial charge in [-0.25, -0.2) is 8.42 Å². The number of hydrogen-bond donors (Lipinski definition) is 2. The molecule has 9 heteroatoms. The van der Waals surface area contributed by atoms with Gasteiger partial charge in [0.05, 0.1) is 19.0 Å². The van der Waals surface area contributed by atoms with E-state index >= 15 is 0 Å². The van der Waals surface area contributed by atoms with Crippen LogP contribution in [0.1, 0.15) is 41.0 Å². The maximum atomic E-state index is 11.4. The van der Waals surface area contributed by atoms with Gasteiger partial charge in [0.15, 0.2) is 5.96 Å². The van der Waals surface area contributed by atoms with Crippen molar-refractivity contribution in [2.75, 3.05) is 57.9 Å². The van der Waals surface area contributed by atoms with Gasteiger partial charge in [-0.05, 0) is 32.6 Å². The summed E-state index contributed by atoms with van der Waals surface area (Å²) in [5.41, 5.74) is -0.156. The van der Waals surface area contributed by atoms with Crippen molar-refractivity contribution in [3.63, 3.8) is 0 Å². The third-order valence-corrected chi connectivity index (χ3v) is 5.66. The van der Waals surface area contributed by atoms with Crippen molar-refractivity contribution in [2.24, 2.45) is 10.4 Å². The van der Waals surface area contributed by atoms with Crippen molar-refractivity contribution < 1.29 is 13.2 Å². The molecule has 0 aromatic rings. The molecule has 0 atom stereocenters. The van der Waals surface area contributed by atoms with Crippen molar-refractivity contribution in [2.45, 2.75) is 46.6 Å². The zero-order chi connectivity index (χ0) is 19.8. The first-order chi connectivity index (χ1) is 12.0. The lowest BCUT2D eigenvalue weighted by molar-refractivity contribution is -0.00834. The molecule has 1 rings (SSSR count). The van der Waals surface area contributed by atoms with Gasteiger partial charge in [-0.3, -0.25) is 9.89 Å². The summed E-state index contributed by atoms with van der Waals surface area (Å²) in [7, 11) is -2.94. The topological polar surface area (TPSA) is 83.0 Å². The molecule has 2 N–H and O–H groups in total. The molecule has 1 heterocycles. The predicted molar refractivity (Wildman–Crippen MR) is 124 cm³/mol. The highest BCUT2D eigenvalue weighted by Gasteiger charge is 2.28. The molecule has 0 aromatic heterocycles. The van der Waals surface area contributed by atoms with Gasteiger partial charge in [0.1, 0.15) is 9.84 Å². The van der Waals surface area contributed by atoms with Gasteiger partial charge < -0.3 is 15.4 Å². The van der Waals surface area contributed by atoms with E-state index in [2.05, 4.69) is 43.2 Å². The molecule has 0 unspecified atom stereocenters. The van der Waals surface area contributed by atoms with Gasteiger partial charge in [0.25, 0.3) is 0 Å². The van der Waals surface area contributed by atoms with Gasteiger partial charge in [-0.2, -0.15) is 0 Å². The van der Waals surface area contributed by atoms with E-state index in [-0.39, 0.29) is 40.7 Å². The average Bonchev–Trinajstić information content (AvgIpc) is 2.56. The average molecular weight is 519 g/mol. The molecule has 0 radical (unpaired) electrons. The maximum Gasteiger partial charge on any atom is 0.191 e. The van der Waals surface area contributed by atoms with Crippen LogP contribution >= 0.6 is 24.0 Å². The van der Waals surface area contributed by atoms with Gasteiger partial charge in [-0.15, -0.1) is 24.0 Å². The number of aliphatic imine (C=N–C) groups is 1. The van der Waals surface area contributed by atoms with Crippen LogP contribution in [-0.2, 0) is 14.6 Å². The minimum absolute atomic E-state index is 0. The summed E-state index contributed by atoms with van der Waals surface area (Å²) in [6.07, 6.45) is 1.89. The van der Waals surface area contributed by atoms with Crippen molar-refractivity contribution in [3.05, 3.63) is 0 Å². The number of nitrogens with zero attached hydrogens (tertiary/aromatic N) is 2. The van der Waals surface area contributed by atoms with Crippen LogP contribution in [0.4, 0.5) is 0 Å². The Bertz CT molecular complexity index is 559. The second-order valence-corrected chi connectivity index (χ2v) is 10.8. The molecule has 1 saturated heterocycles. The second kappa shape index (κ2) is 11.8. The van der Waals surface area contributed by atoms with E-state index in [9.17, 15) is 8.42 Å². The number of guanidine groups is 1. The van der Waals surface area contributed by atoms with E-state index in [0.29, 0.717) is 13.0 Å². The van der Waals surface area contributed by atoms with Gasteiger partial charge in [0, 0.05) is 44.5 Å². The first-order valence-corrected chi connectivity index (χ1v) is 11.5. The van der Waals surface area contributed by atoms with E-state index in [1.807, 2.05) is 6.92 Å². The number of rotatable bonds is 9. The fourth-order valence-corrected chi connectivity index (χ4v) is 3.68. The summed E-state index contributed by atoms with van der Waals surface area (Å²) in [5, 5.41) is 6.72. The first-order valence-electron chi connectivity index (χ1n) is 9.48. The number of sulfone groups is 1. The Morgan fingerprint density at radius 1 is 1.15 bits per heavy atom. The lowest BCUT2D eigenvalue weighted by Crippen LogP contribution is -2.56. The molecule has 27 heavy (non-hydrogen) atoms. The minimum atomic E-state index is -2.94. The molecule has 1 fully saturated rings. The molecule has 7 nitrogen and oxygen atoms in total. The van der Waals surface area contributed by atoms with Crippen molar-refractivity contribution in [1.82, 2.24) is 15.5 Å². The third-order valence-electron chi connectivity index (χ3n) is 4.71. The monoisotopic (exact) mass is 518 g/mol. The van der Waals surface area contributed by atoms with Crippen molar-refractivity contribution in [3.8, 4) is 0 Å². The van der Waals surface area contributed by atoms with Crippen LogP contribution in [-0.4, -0.2) is 82.8 Å². The Hall–Kier alpha value is -0.130. The molecule has 0 spiro atoms. The van der Waals surface area contributed by atoms with Gasteiger partial charge in [-0.1, -0.05) is 13.8 Å². The van der Waals surface area contributed by atoms with Crippen LogP contribution in [0.15, 0.2) is 4.99 Å². The van der Waals surface area contributed by atoms with Crippen molar-refractivity contribution in [1.29, 1.82) is 0 Å². The molecule has 1 aliphatic rings. The van der Waals surface area contributed by atoms with E-state index in [4.69, 9.17) is 9.73 Å². The highest BCUT2D eigenvalue weighted by atomic mass is 127. The first kappa shape index (κ1) is 26.9. The lowest BCUT2D eigenvalue weighted by atomic mass is 9.90. The standard InChI is InChI=1S/C18H38N4O3S.HI/c1-7-19-16(20-14-17(2,3)8-13-26(6,23)24)21-15-18(4,5)22-9-11-25-12-10-22;/h7-15H2,1-6H3,(H2,19,20,21);1H. The quantitative estimate of drug-likeness (QED) is 0.275. The Balaban J connectivity index is 0.00000676. The molecular weight excluding hydrogens is 479 g/mol. The summed E-state index contributed by atoms with van der Waals surface area (Å²) in [6, 6.07) is 0. The summed E-state index contributed by atoms with van der Waals surface area (Å²) in [6.45, 7) is 16.2.